The summed E-state index contributed by atoms with van der Waals surface area (Å²) in [6, 6.07) is 2.08. The molecule has 82 valence electrons. The van der Waals surface area contributed by atoms with Gasteiger partial charge in [-0.2, -0.15) is 5.10 Å². The van der Waals surface area contributed by atoms with Crippen LogP contribution < -0.4 is 0 Å². The molecule has 1 aliphatic rings. The number of carbonyl (C=O) groups excluding carboxylic acids is 1. The van der Waals surface area contributed by atoms with Gasteiger partial charge in [0.2, 0.25) is 6.41 Å². The van der Waals surface area contributed by atoms with E-state index in [0.29, 0.717) is 5.92 Å². The van der Waals surface area contributed by atoms with Crippen LogP contribution in [0.15, 0.2) is 12.3 Å². The summed E-state index contributed by atoms with van der Waals surface area (Å²) in [6.45, 7) is 1.81. The van der Waals surface area contributed by atoms with Crippen LogP contribution in [-0.2, 0) is 18.3 Å². The van der Waals surface area contributed by atoms with Gasteiger partial charge in [-0.15, -0.1) is 0 Å². The maximum absolute atomic E-state index is 10.5. The van der Waals surface area contributed by atoms with E-state index >= 15 is 0 Å². The van der Waals surface area contributed by atoms with Crippen molar-refractivity contribution in [3.8, 4) is 0 Å². The van der Waals surface area contributed by atoms with Crippen LogP contribution in [0.25, 0.3) is 0 Å². The SMILES string of the molecule is Cn1ccc(CC2CCN(C=O)CC2)n1. The molecule has 2 heterocycles. The van der Waals surface area contributed by atoms with Crippen LogP contribution in [0.4, 0.5) is 0 Å². The topological polar surface area (TPSA) is 38.1 Å². The molecule has 0 radical (unpaired) electrons. The van der Waals surface area contributed by atoms with Crippen molar-refractivity contribution >= 4 is 6.41 Å². The smallest absolute Gasteiger partial charge is 0.209 e. The van der Waals surface area contributed by atoms with Crippen LogP contribution in [0.3, 0.4) is 0 Å². The molecule has 1 aromatic rings. The minimum atomic E-state index is 0.691. The Bertz CT molecular complexity index is 326. The Morgan fingerprint density at radius 3 is 2.80 bits per heavy atom. The van der Waals surface area contributed by atoms with E-state index < -0.39 is 0 Å². The van der Waals surface area contributed by atoms with Crippen LogP contribution in [0.1, 0.15) is 18.5 Å². The first-order chi connectivity index (χ1) is 7.28. The van der Waals surface area contributed by atoms with E-state index in [0.717, 1.165) is 38.8 Å². The van der Waals surface area contributed by atoms with Crippen molar-refractivity contribution in [1.29, 1.82) is 0 Å². The lowest BCUT2D eigenvalue weighted by Gasteiger charge is -2.28. The highest BCUT2D eigenvalue weighted by atomic mass is 16.1. The molecule has 1 saturated heterocycles. The van der Waals surface area contributed by atoms with Crippen molar-refractivity contribution < 1.29 is 4.79 Å². The van der Waals surface area contributed by atoms with Gasteiger partial charge in [-0.05, 0) is 31.2 Å². The first-order valence-corrected chi connectivity index (χ1v) is 5.46. The van der Waals surface area contributed by atoms with E-state index in [1.807, 2.05) is 22.8 Å². The second kappa shape index (κ2) is 4.47. The quantitative estimate of drug-likeness (QED) is 0.689. The fraction of sp³-hybridized carbons (Fsp3) is 0.636. The fourth-order valence-electron chi connectivity index (χ4n) is 2.13. The average molecular weight is 207 g/mol. The zero-order valence-corrected chi connectivity index (χ0v) is 9.09. The van der Waals surface area contributed by atoms with Crippen molar-refractivity contribution in [1.82, 2.24) is 14.7 Å². The molecule has 0 N–H and O–H groups in total. The molecule has 2 rings (SSSR count). The highest BCUT2D eigenvalue weighted by Gasteiger charge is 2.18. The van der Waals surface area contributed by atoms with Crippen molar-refractivity contribution in [3.63, 3.8) is 0 Å². The Labute approximate surface area is 89.9 Å². The van der Waals surface area contributed by atoms with Gasteiger partial charge in [0.05, 0.1) is 5.69 Å². The number of hydrogen-bond donors (Lipinski definition) is 0. The highest BCUT2D eigenvalue weighted by molar-refractivity contribution is 5.47. The van der Waals surface area contributed by atoms with Crippen LogP contribution in [0, 0.1) is 5.92 Å². The minimum Gasteiger partial charge on any atom is -0.345 e. The first-order valence-electron chi connectivity index (χ1n) is 5.46. The van der Waals surface area contributed by atoms with Crippen LogP contribution in [0.2, 0.25) is 0 Å². The number of carbonyl (C=O) groups is 1. The Morgan fingerprint density at radius 1 is 1.53 bits per heavy atom. The number of nitrogens with zero attached hydrogens (tertiary/aromatic N) is 3. The van der Waals surface area contributed by atoms with Crippen LogP contribution >= 0.6 is 0 Å². The molecule has 4 heteroatoms. The third-order valence-electron chi connectivity index (χ3n) is 3.06. The summed E-state index contributed by atoms with van der Waals surface area (Å²) < 4.78 is 1.84. The van der Waals surface area contributed by atoms with Gasteiger partial charge in [-0.25, -0.2) is 0 Å². The lowest BCUT2D eigenvalue weighted by molar-refractivity contribution is -0.119. The molecule has 0 aliphatic carbocycles. The maximum Gasteiger partial charge on any atom is 0.209 e. The van der Waals surface area contributed by atoms with E-state index in [1.165, 1.54) is 5.69 Å². The third kappa shape index (κ3) is 2.58. The average Bonchev–Trinajstić information content (AvgIpc) is 2.65. The molecule has 1 amide bonds. The molecule has 0 unspecified atom stereocenters. The number of piperidine rings is 1. The van der Waals surface area contributed by atoms with Gasteiger partial charge in [0.1, 0.15) is 0 Å². The van der Waals surface area contributed by atoms with Crippen LogP contribution in [0.5, 0.6) is 0 Å². The number of rotatable bonds is 3. The van der Waals surface area contributed by atoms with E-state index in [1.54, 1.807) is 0 Å². The first kappa shape index (κ1) is 10.2. The molecule has 15 heavy (non-hydrogen) atoms. The van der Waals surface area contributed by atoms with Crippen molar-refractivity contribution in [3.05, 3.63) is 18.0 Å². The molecule has 0 bridgehead atoms. The van der Waals surface area contributed by atoms with E-state index in [4.69, 9.17) is 0 Å². The number of likely N-dealkylation sites (tertiary alicyclic amines) is 1. The second-order valence-corrected chi connectivity index (χ2v) is 4.27. The molecule has 4 nitrogen and oxygen atoms in total. The largest absolute Gasteiger partial charge is 0.345 e. The minimum absolute atomic E-state index is 0.691. The Balaban J connectivity index is 1.84. The summed E-state index contributed by atoms with van der Waals surface area (Å²) in [6.07, 6.45) is 6.20. The molecule has 0 aromatic carbocycles. The van der Waals surface area contributed by atoms with Gasteiger partial charge >= 0.3 is 0 Å². The van der Waals surface area contributed by atoms with Gasteiger partial charge in [0, 0.05) is 26.3 Å². The number of amides is 1. The van der Waals surface area contributed by atoms with Crippen molar-refractivity contribution in [2.45, 2.75) is 19.3 Å². The standard InChI is InChI=1S/C11H17N3O/c1-13-5-4-11(12-13)8-10-2-6-14(9-15)7-3-10/h4-5,9-10H,2-3,6-8H2,1H3. The number of aromatic nitrogens is 2. The molecule has 1 aliphatic heterocycles. The Morgan fingerprint density at radius 2 is 2.27 bits per heavy atom. The van der Waals surface area contributed by atoms with E-state index in [-0.39, 0.29) is 0 Å². The molecule has 1 aromatic heterocycles. The zero-order chi connectivity index (χ0) is 10.7. The Hall–Kier alpha value is -1.32. The molecular weight excluding hydrogens is 190 g/mol. The highest BCUT2D eigenvalue weighted by Crippen LogP contribution is 2.19. The number of hydrogen-bond acceptors (Lipinski definition) is 2. The third-order valence-corrected chi connectivity index (χ3v) is 3.06. The molecule has 0 atom stereocenters. The zero-order valence-electron chi connectivity index (χ0n) is 9.09. The maximum atomic E-state index is 10.5. The van der Waals surface area contributed by atoms with Gasteiger partial charge in [-0.3, -0.25) is 9.48 Å². The number of aryl methyl sites for hydroxylation is 1. The summed E-state index contributed by atoms with van der Waals surface area (Å²) in [5.74, 6) is 0.691. The second-order valence-electron chi connectivity index (χ2n) is 4.27. The van der Waals surface area contributed by atoms with E-state index in [9.17, 15) is 4.79 Å². The Kier molecular flexibility index (Phi) is 3.04. The summed E-state index contributed by atoms with van der Waals surface area (Å²) in [7, 11) is 1.94. The lowest BCUT2D eigenvalue weighted by Crippen LogP contribution is -2.33. The van der Waals surface area contributed by atoms with Crippen LogP contribution in [-0.4, -0.2) is 34.2 Å². The monoisotopic (exact) mass is 207 g/mol. The molecular formula is C11H17N3O. The van der Waals surface area contributed by atoms with Crippen molar-refractivity contribution in [2.75, 3.05) is 13.1 Å². The summed E-state index contributed by atoms with van der Waals surface area (Å²) >= 11 is 0. The van der Waals surface area contributed by atoms with Gasteiger partial charge < -0.3 is 4.90 Å². The van der Waals surface area contributed by atoms with Crippen molar-refractivity contribution in [2.24, 2.45) is 13.0 Å². The predicted octanol–water partition coefficient (Wildman–Crippen LogP) is 0.831. The summed E-state index contributed by atoms with van der Waals surface area (Å²) in [5.41, 5.74) is 1.17. The predicted molar refractivity (Wildman–Crippen MR) is 57.3 cm³/mol. The molecule has 1 fully saturated rings. The van der Waals surface area contributed by atoms with Gasteiger partial charge in [0.15, 0.2) is 0 Å². The summed E-state index contributed by atoms with van der Waals surface area (Å²) in [4.78, 5) is 12.4. The summed E-state index contributed by atoms with van der Waals surface area (Å²) in [5, 5.41) is 4.38. The molecule has 0 saturated carbocycles. The van der Waals surface area contributed by atoms with E-state index in [2.05, 4.69) is 11.2 Å². The van der Waals surface area contributed by atoms with Gasteiger partial charge in [-0.1, -0.05) is 0 Å². The molecule has 0 spiro atoms. The fourth-order valence-corrected chi connectivity index (χ4v) is 2.13. The lowest BCUT2D eigenvalue weighted by atomic mass is 9.92. The normalized spacial score (nSPS) is 18.1. The van der Waals surface area contributed by atoms with Gasteiger partial charge in [0.25, 0.3) is 0 Å².